The van der Waals surface area contributed by atoms with E-state index in [1.807, 2.05) is 0 Å². The number of ether oxygens (including phenoxy) is 3. The molecular formula is C18H29O5P3. The maximum absolute atomic E-state index is 12.3. The van der Waals surface area contributed by atoms with E-state index >= 15 is 0 Å². The fourth-order valence-corrected chi connectivity index (χ4v) is 5.67. The van der Waals surface area contributed by atoms with Gasteiger partial charge in [-0.25, -0.2) is 9.59 Å². The van der Waals surface area contributed by atoms with Gasteiger partial charge in [-0.3, -0.25) is 0 Å². The zero-order chi connectivity index (χ0) is 19.3. The van der Waals surface area contributed by atoms with Gasteiger partial charge in [0.1, 0.15) is 10.4 Å². The third kappa shape index (κ3) is 4.49. The summed E-state index contributed by atoms with van der Waals surface area (Å²) >= 11 is 0. The highest BCUT2D eigenvalue weighted by Gasteiger charge is 2.61. The van der Waals surface area contributed by atoms with Crippen molar-refractivity contribution in [2.24, 2.45) is 11.8 Å². The van der Waals surface area contributed by atoms with Gasteiger partial charge < -0.3 is 14.2 Å². The van der Waals surface area contributed by atoms with Crippen LogP contribution in [0.2, 0.25) is 0 Å². The van der Waals surface area contributed by atoms with E-state index in [0.29, 0.717) is 23.8 Å². The Balaban J connectivity index is 1.74. The minimum Gasteiger partial charge on any atom is -0.456 e. The summed E-state index contributed by atoms with van der Waals surface area (Å²) in [5.74, 6) is 0.227. The molecule has 4 fully saturated rings. The monoisotopic (exact) mass is 418 g/mol. The third-order valence-electron chi connectivity index (χ3n) is 5.65. The summed E-state index contributed by atoms with van der Waals surface area (Å²) in [4.78, 5) is 23.7. The van der Waals surface area contributed by atoms with E-state index in [2.05, 4.69) is 34.3 Å². The molecule has 4 aliphatic carbocycles. The molecule has 8 heteroatoms. The van der Waals surface area contributed by atoms with Gasteiger partial charge in [0, 0.05) is 12.0 Å². The number of esters is 2. The van der Waals surface area contributed by atoms with Gasteiger partial charge in [0.25, 0.3) is 0 Å². The van der Waals surface area contributed by atoms with Crippen LogP contribution in [-0.4, -0.2) is 34.1 Å². The second-order valence-electron chi connectivity index (χ2n) is 8.53. The van der Waals surface area contributed by atoms with E-state index in [-0.39, 0.29) is 5.97 Å². The molecule has 4 aliphatic rings. The van der Waals surface area contributed by atoms with Crippen LogP contribution >= 0.6 is 27.7 Å². The predicted octanol–water partition coefficient (Wildman–Crippen LogP) is 3.38. The number of carbonyl (C=O) groups excluding carboxylic acids is 2. The lowest BCUT2D eigenvalue weighted by Crippen LogP contribution is -2.62. The molecule has 26 heavy (non-hydrogen) atoms. The van der Waals surface area contributed by atoms with E-state index < -0.39 is 28.1 Å². The fourth-order valence-electron chi connectivity index (χ4n) is 5.32. The number of hydrogen-bond donors (Lipinski definition) is 0. The standard InChI is InChI=1S/C18H29O5P3/c1-10(2)14(19)22-17-7-12-4-13(8-17)6-16(5-12,9-17)21-11(3)15(20)23-18(24,25)26/h11-13H,1,4-9,24-26H2,2-3H3. The molecular weight excluding hydrogens is 389 g/mol. The average Bonchev–Trinajstić information content (AvgIpc) is 2.42. The van der Waals surface area contributed by atoms with E-state index in [4.69, 9.17) is 14.2 Å². The molecule has 146 valence electrons. The maximum atomic E-state index is 12.3. The molecule has 0 aromatic rings. The quantitative estimate of drug-likeness (QED) is 0.376. The molecule has 0 radical (unpaired) electrons. The summed E-state index contributed by atoms with van der Waals surface area (Å²) in [6.45, 7) is 7.11. The van der Waals surface area contributed by atoms with Crippen molar-refractivity contribution >= 4 is 39.7 Å². The Labute approximate surface area is 162 Å². The van der Waals surface area contributed by atoms with Crippen LogP contribution in [0.15, 0.2) is 12.2 Å². The van der Waals surface area contributed by atoms with Crippen molar-refractivity contribution in [1.29, 1.82) is 0 Å². The maximum Gasteiger partial charge on any atom is 0.336 e. The van der Waals surface area contributed by atoms with Crippen molar-refractivity contribution in [3.05, 3.63) is 12.2 Å². The lowest BCUT2D eigenvalue weighted by atomic mass is 9.52. The Hall–Kier alpha value is -0.0700. The summed E-state index contributed by atoms with van der Waals surface area (Å²) in [7, 11) is 7.30. The van der Waals surface area contributed by atoms with Crippen LogP contribution < -0.4 is 0 Å². The van der Waals surface area contributed by atoms with Gasteiger partial charge in [-0.05, 0) is 57.8 Å². The molecule has 0 aromatic carbocycles. The van der Waals surface area contributed by atoms with E-state index in [1.165, 1.54) is 0 Å². The number of carbonyl (C=O) groups is 2. The first-order valence-electron chi connectivity index (χ1n) is 9.07. The summed E-state index contributed by atoms with van der Waals surface area (Å²) < 4.78 is 17.6. The molecule has 4 rings (SSSR count). The van der Waals surface area contributed by atoms with Crippen LogP contribution in [0.3, 0.4) is 0 Å². The normalized spacial score (nSPS) is 36.5. The second-order valence-corrected chi connectivity index (χ2v) is 13.2. The minimum absolute atomic E-state index is 0.326. The number of hydrogen-bond acceptors (Lipinski definition) is 5. The van der Waals surface area contributed by atoms with Gasteiger partial charge in [0.05, 0.1) is 5.60 Å². The van der Waals surface area contributed by atoms with Gasteiger partial charge in [-0.1, -0.05) is 34.3 Å². The van der Waals surface area contributed by atoms with Crippen molar-refractivity contribution in [1.82, 2.24) is 0 Å². The second kappa shape index (κ2) is 7.07. The topological polar surface area (TPSA) is 61.8 Å². The summed E-state index contributed by atoms with van der Waals surface area (Å²) in [5.41, 5.74) is -0.469. The van der Waals surface area contributed by atoms with Crippen LogP contribution in [0.1, 0.15) is 52.4 Å². The lowest BCUT2D eigenvalue weighted by molar-refractivity contribution is -0.244. The average molecular weight is 418 g/mol. The highest BCUT2D eigenvalue weighted by atomic mass is 31.1. The largest absolute Gasteiger partial charge is 0.456 e. The van der Waals surface area contributed by atoms with E-state index in [0.717, 1.165) is 32.1 Å². The third-order valence-corrected chi connectivity index (χ3v) is 6.00. The molecule has 0 amide bonds. The smallest absolute Gasteiger partial charge is 0.336 e. The van der Waals surface area contributed by atoms with Crippen LogP contribution in [0.25, 0.3) is 0 Å². The van der Waals surface area contributed by atoms with Crippen LogP contribution in [0.4, 0.5) is 0 Å². The highest BCUT2D eigenvalue weighted by Crippen LogP contribution is 2.60. The molecule has 5 nitrogen and oxygen atoms in total. The lowest BCUT2D eigenvalue weighted by Gasteiger charge is -2.61. The summed E-state index contributed by atoms with van der Waals surface area (Å²) in [6.07, 6.45) is 4.75. The first-order chi connectivity index (χ1) is 11.9. The zero-order valence-electron chi connectivity index (χ0n) is 15.5. The van der Waals surface area contributed by atoms with Crippen molar-refractivity contribution < 1.29 is 23.8 Å². The van der Waals surface area contributed by atoms with E-state index in [9.17, 15) is 9.59 Å². The Morgan fingerprint density at radius 1 is 1.12 bits per heavy atom. The zero-order valence-corrected chi connectivity index (χ0v) is 18.9. The molecule has 4 saturated carbocycles. The molecule has 0 saturated heterocycles. The minimum atomic E-state index is -0.783. The molecule has 6 atom stereocenters. The number of rotatable bonds is 6. The first-order valence-corrected chi connectivity index (χ1v) is 10.8. The van der Waals surface area contributed by atoms with Gasteiger partial charge in [0.15, 0.2) is 6.10 Å². The molecule has 0 spiro atoms. The van der Waals surface area contributed by atoms with Crippen LogP contribution in [0.5, 0.6) is 0 Å². The van der Waals surface area contributed by atoms with Crippen molar-refractivity contribution in [2.45, 2.75) is 74.5 Å². The van der Waals surface area contributed by atoms with Gasteiger partial charge in [-0.2, -0.15) is 0 Å². The molecule has 4 bridgehead atoms. The molecule has 0 aliphatic heterocycles. The predicted molar refractivity (Wildman–Crippen MR) is 110 cm³/mol. The summed E-state index contributed by atoms with van der Waals surface area (Å²) in [6, 6.07) is 0. The molecule has 0 heterocycles. The Morgan fingerprint density at radius 3 is 2.15 bits per heavy atom. The Kier molecular flexibility index (Phi) is 5.62. The van der Waals surface area contributed by atoms with Crippen LogP contribution in [-0.2, 0) is 23.8 Å². The molecule has 0 aromatic heterocycles. The molecule has 6 unspecified atom stereocenters. The Morgan fingerprint density at radius 2 is 1.65 bits per heavy atom. The Bertz CT molecular complexity index is 613. The fraction of sp³-hybridized carbons (Fsp3) is 0.778. The van der Waals surface area contributed by atoms with Crippen LogP contribution in [0, 0.1) is 11.8 Å². The van der Waals surface area contributed by atoms with Crippen molar-refractivity contribution in [3.8, 4) is 0 Å². The first kappa shape index (κ1) is 20.7. The van der Waals surface area contributed by atoms with Crippen molar-refractivity contribution in [2.75, 3.05) is 0 Å². The summed E-state index contributed by atoms with van der Waals surface area (Å²) in [5, 5.41) is 0. The van der Waals surface area contributed by atoms with Gasteiger partial charge in [-0.15, -0.1) is 0 Å². The van der Waals surface area contributed by atoms with Gasteiger partial charge in [0.2, 0.25) is 0 Å². The van der Waals surface area contributed by atoms with E-state index in [1.54, 1.807) is 13.8 Å². The van der Waals surface area contributed by atoms with Crippen molar-refractivity contribution in [3.63, 3.8) is 0 Å². The highest BCUT2D eigenvalue weighted by molar-refractivity contribution is 7.57. The van der Waals surface area contributed by atoms with Gasteiger partial charge >= 0.3 is 11.9 Å². The molecule has 0 N–H and O–H groups in total. The SMILES string of the molecule is C=C(C)C(=O)OC12CC3CC(C1)CC(OC(C)C(=O)OC(P)(P)P)(C3)C2.